The number of aliphatic hydroxyl groups excluding tert-OH is 1. The van der Waals surface area contributed by atoms with Crippen molar-refractivity contribution in [2.24, 2.45) is 13.0 Å². The molecular weight excluding hydrogens is 564 g/mol. The maximum atomic E-state index is 14.5. The Kier molecular flexibility index (Phi) is 8.71. The molecule has 1 aliphatic heterocycles. The lowest BCUT2D eigenvalue weighted by Crippen LogP contribution is -2.48. The van der Waals surface area contributed by atoms with Crippen molar-refractivity contribution in [2.75, 3.05) is 26.7 Å². The summed E-state index contributed by atoms with van der Waals surface area (Å²) in [5, 5.41) is 20.2. The summed E-state index contributed by atoms with van der Waals surface area (Å²) in [6.45, 7) is 4.00. The van der Waals surface area contributed by atoms with E-state index < -0.39 is 22.2 Å². The maximum Gasteiger partial charge on any atom is 0.271 e. The number of likely N-dealkylation sites (N-methyl/N-ethyl adjacent to an activating group) is 1. The van der Waals surface area contributed by atoms with Crippen LogP contribution in [0.2, 0.25) is 0 Å². The zero-order valence-corrected chi connectivity index (χ0v) is 25.6. The molecule has 10 heteroatoms. The minimum absolute atomic E-state index is 0.0388. The second-order valence-electron chi connectivity index (χ2n) is 11.2. The second kappa shape index (κ2) is 12.3. The molecule has 0 unspecified atom stereocenters. The molecule has 0 saturated heterocycles. The average molecular weight is 601 g/mol. The molecule has 0 fully saturated rings. The number of rotatable bonds is 6. The lowest BCUT2D eigenvalue weighted by Gasteiger charge is -2.35. The van der Waals surface area contributed by atoms with Crippen LogP contribution in [0.3, 0.4) is 0 Å². The highest BCUT2D eigenvalue weighted by Gasteiger charge is 2.34. The lowest BCUT2D eigenvalue weighted by molar-refractivity contribution is -0.0147. The van der Waals surface area contributed by atoms with E-state index in [1.165, 1.54) is 35.6 Å². The monoisotopic (exact) mass is 600 g/mol. The van der Waals surface area contributed by atoms with Gasteiger partial charge in [-0.25, -0.2) is 8.42 Å². The van der Waals surface area contributed by atoms with E-state index in [-0.39, 0.29) is 43.0 Å². The van der Waals surface area contributed by atoms with E-state index in [0.717, 1.165) is 27.6 Å². The van der Waals surface area contributed by atoms with Crippen LogP contribution < -0.4 is 0 Å². The van der Waals surface area contributed by atoms with Crippen molar-refractivity contribution in [3.05, 3.63) is 89.6 Å². The van der Waals surface area contributed by atoms with E-state index in [1.54, 1.807) is 11.8 Å². The average Bonchev–Trinajstić information content (AvgIpc) is 3.31. The number of para-hydroxylation sites is 1. The Hall–Kier alpha value is -4.01. The van der Waals surface area contributed by atoms with Gasteiger partial charge in [0.15, 0.2) is 0 Å². The first-order valence-corrected chi connectivity index (χ1v) is 15.7. The van der Waals surface area contributed by atoms with E-state index in [1.807, 2.05) is 73.1 Å². The fourth-order valence-corrected chi connectivity index (χ4v) is 6.94. The van der Waals surface area contributed by atoms with Crippen LogP contribution in [0.5, 0.6) is 0 Å². The molecule has 43 heavy (non-hydrogen) atoms. The summed E-state index contributed by atoms with van der Waals surface area (Å²) in [5.74, 6) is -0.504. The first-order valence-electron chi connectivity index (χ1n) is 14.2. The van der Waals surface area contributed by atoms with Crippen LogP contribution in [-0.4, -0.2) is 72.1 Å². The van der Waals surface area contributed by atoms with Gasteiger partial charge < -0.3 is 19.3 Å². The van der Waals surface area contributed by atoms with Crippen molar-refractivity contribution in [1.29, 1.82) is 5.26 Å². The van der Waals surface area contributed by atoms with Crippen molar-refractivity contribution in [2.45, 2.75) is 37.5 Å². The van der Waals surface area contributed by atoms with Gasteiger partial charge in [0.1, 0.15) is 5.69 Å². The summed E-state index contributed by atoms with van der Waals surface area (Å²) >= 11 is 0. The topological polar surface area (TPSA) is 116 Å². The van der Waals surface area contributed by atoms with E-state index in [4.69, 9.17) is 10.00 Å². The molecule has 3 aromatic carbocycles. The van der Waals surface area contributed by atoms with Crippen LogP contribution in [0.15, 0.2) is 77.7 Å². The van der Waals surface area contributed by atoms with Crippen molar-refractivity contribution in [3.63, 3.8) is 0 Å². The Bertz CT molecular complexity index is 1790. The number of hydrogen-bond donors (Lipinski definition) is 1. The van der Waals surface area contributed by atoms with Crippen LogP contribution in [-0.2, 0) is 28.4 Å². The smallest absolute Gasteiger partial charge is 0.271 e. The van der Waals surface area contributed by atoms with Gasteiger partial charge in [0.2, 0.25) is 10.0 Å². The van der Waals surface area contributed by atoms with Crippen LogP contribution >= 0.6 is 0 Å². The van der Waals surface area contributed by atoms with E-state index in [9.17, 15) is 18.3 Å². The molecule has 3 atom stereocenters. The Morgan fingerprint density at radius 2 is 1.77 bits per heavy atom. The summed E-state index contributed by atoms with van der Waals surface area (Å²) in [7, 11) is -0.494. The van der Waals surface area contributed by atoms with Gasteiger partial charge in [-0.2, -0.15) is 9.57 Å². The number of ether oxygens (including phenoxy) is 1. The number of carbonyl (C=O) groups excluding carboxylic acids is 1. The number of aromatic nitrogens is 1. The summed E-state index contributed by atoms with van der Waals surface area (Å²) in [5.41, 5.74) is 4.38. The van der Waals surface area contributed by atoms with Gasteiger partial charge in [-0.15, -0.1) is 0 Å². The van der Waals surface area contributed by atoms with Crippen LogP contribution in [0, 0.1) is 17.2 Å². The zero-order chi connectivity index (χ0) is 30.9. The zero-order valence-electron chi connectivity index (χ0n) is 24.8. The third-order valence-electron chi connectivity index (χ3n) is 8.35. The number of nitrogens with zero attached hydrogens (tertiary/aromatic N) is 4. The Labute approximate surface area is 252 Å². The normalized spacial score (nSPS) is 18.5. The predicted molar refractivity (Wildman–Crippen MR) is 165 cm³/mol. The number of amides is 1. The standard InChI is InChI=1S/C33H36N4O5S/c1-22-18-37(23(2)20-38)33(39)32-31(28-11-7-8-12-29(28)36(32)4)27-10-6-5-9-25(27)21-42-30(22)19-35(3)43(40,41)26-15-13-24(17-34)14-16-26/h5-16,22-23,30,38H,18-21H2,1-4H3/t22-,23-,30-/m1/s1. The fraction of sp³-hybridized carbons (Fsp3) is 0.333. The molecular formula is C33H36N4O5S. The van der Waals surface area contributed by atoms with Gasteiger partial charge in [0, 0.05) is 49.6 Å². The summed E-state index contributed by atoms with van der Waals surface area (Å²) in [4.78, 5) is 16.2. The number of aliphatic hydroxyl groups is 1. The first-order chi connectivity index (χ1) is 20.6. The molecule has 1 aliphatic rings. The predicted octanol–water partition coefficient (Wildman–Crippen LogP) is 4.40. The molecule has 2 heterocycles. The van der Waals surface area contributed by atoms with Gasteiger partial charge in [-0.05, 0) is 48.4 Å². The summed E-state index contributed by atoms with van der Waals surface area (Å²) in [6, 6.07) is 23.0. The number of hydrogen-bond acceptors (Lipinski definition) is 6. The molecule has 0 bridgehead atoms. The highest BCUT2D eigenvalue weighted by atomic mass is 32.2. The molecule has 9 nitrogen and oxygen atoms in total. The largest absolute Gasteiger partial charge is 0.394 e. The van der Waals surface area contributed by atoms with Crippen molar-refractivity contribution in [1.82, 2.24) is 13.8 Å². The fourth-order valence-electron chi connectivity index (χ4n) is 5.76. The van der Waals surface area contributed by atoms with E-state index in [0.29, 0.717) is 11.3 Å². The maximum absolute atomic E-state index is 14.5. The van der Waals surface area contributed by atoms with Crippen LogP contribution in [0.4, 0.5) is 0 Å². The first kappa shape index (κ1) is 30.4. The number of fused-ring (bicyclic) bond motifs is 5. The van der Waals surface area contributed by atoms with E-state index in [2.05, 4.69) is 0 Å². The van der Waals surface area contributed by atoms with Gasteiger partial charge in [-0.1, -0.05) is 49.4 Å². The Morgan fingerprint density at radius 3 is 2.47 bits per heavy atom. The molecule has 1 aromatic heterocycles. The quantitative estimate of drug-likeness (QED) is 0.351. The molecule has 1 N–H and O–H groups in total. The molecule has 4 aromatic rings. The van der Waals surface area contributed by atoms with E-state index >= 15 is 0 Å². The SMILES string of the molecule is C[C@@H]1CN([C@H](C)CO)C(=O)c2c(c3ccccc3n2C)-c2ccccc2CO[C@@H]1CN(C)S(=O)(=O)c1ccc(C#N)cc1. The molecule has 0 spiro atoms. The third-order valence-corrected chi connectivity index (χ3v) is 10.2. The van der Waals surface area contributed by atoms with Crippen molar-refractivity contribution >= 4 is 26.8 Å². The number of nitriles is 1. The highest BCUT2D eigenvalue weighted by Crippen LogP contribution is 2.38. The number of aryl methyl sites for hydroxylation is 1. The number of sulfonamides is 1. The highest BCUT2D eigenvalue weighted by molar-refractivity contribution is 7.89. The van der Waals surface area contributed by atoms with Gasteiger partial charge in [0.25, 0.3) is 5.91 Å². The van der Waals surface area contributed by atoms with Gasteiger partial charge in [-0.3, -0.25) is 4.79 Å². The second-order valence-corrected chi connectivity index (χ2v) is 13.2. The minimum Gasteiger partial charge on any atom is -0.394 e. The molecule has 0 saturated carbocycles. The third kappa shape index (κ3) is 5.69. The summed E-state index contributed by atoms with van der Waals surface area (Å²) in [6.07, 6.45) is -0.578. The number of carbonyl (C=O) groups is 1. The van der Waals surface area contributed by atoms with Gasteiger partial charge >= 0.3 is 0 Å². The molecule has 1 amide bonds. The Balaban J connectivity index is 1.59. The van der Waals surface area contributed by atoms with Gasteiger partial charge in [0.05, 0.1) is 41.9 Å². The molecule has 0 aliphatic carbocycles. The van der Waals surface area contributed by atoms with Crippen LogP contribution in [0.1, 0.15) is 35.5 Å². The summed E-state index contributed by atoms with van der Waals surface area (Å²) < 4.78 is 36.6. The van der Waals surface area contributed by atoms with Crippen LogP contribution in [0.25, 0.3) is 22.0 Å². The molecule has 0 radical (unpaired) electrons. The van der Waals surface area contributed by atoms with Crippen molar-refractivity contribution in [3.8, 4) is 17.2 Å². The lowest BCUT2D eigenvalue weighted by atomic mass is 9.96. The Morgan fingerprint density at radius 1 is 1.09 bits per heavy atom. The molecule has 5 rings (SSSR count). The van der Waals surface area contributed by atoms with Crippen molar-refractivity contribution < 1.29 is 23.1 Å². The minimum atomic E-state index is -3.88. The number of benzene rings is 3. The molecule has 224 valence electrons.